The summed E-state index contributed by atoms with van der Waals surface area (Å²) in [5.41, 5.74) is 6.62. The number of amides is 2. The molecule has 0 radical (unpaired) electrons. The second kappa shape index (κ2) is 6.30. The van der Waals surface area contributed by atoms with Crippen molar-refractivity contribution in [2.24, 2.45) is 0 Å². The third-order valence-corrected chi connectivity index (χ3v) is 4.49. The van der Waals surface area contributed by atoms with Crippen molar-refractivity contribution in [3.63, 3.8) is 0 Å². The molecule has 130 valence electrons. The summed E-state index contributed by atoms with van der Waals surface area (Å²) < 4.78 is 5.25. The average molecular weight is 341 g/mol. The number of hydrogen-bond donors (Lipinski definition) is 3. The third kappa shape index (κ3) is 2.69. The predicted octanol–water partition coefficient (Wildman–Crippen LogP) is 1.55. The first-order valence-electron chi connectivity index (χ1n) is 8.34. The van der Waals surface area contributed by atoms with Crippen LogP contribution < -0.4 is 10.7 Å². The Bertz CT molecular complexity index is 839. The zero-order valence-electron chi connectivity index (χ0n) is 13.9. The lowest BCUT2D eigenvalue weighted by Gasteiger charge is -2.27. The number of morpholine rings is 1. The number of H-pyrrole nitrogens is 1. The maximum absolute atomic E-state index is 12.9. The fraction of sp³-hybridized carbons (Fsp3) is 0.353. The number of rotatable bonds is 3. The third-order valence-electron chi connectivity index (χ3n) is 4.49. The van der Waals surface area contributed by atoms with Crippen LogP contribution in [0, 0.1) is 0 Å². The van der Waals surface area contributed by atoms with Crippen LogP contribution in [0.4, 0.5) is 10.5 Å². The smallest absolute Gasteiger partial charge is 0.333 e. The van der Waals surface area contributed by atoms with Gasteiger partial charge in [-0.25, -0.2) is 9.80 Å². The fourth-order valence-corrected chi connectivity index (χ4v) is 3.27. The number of urea groups is 1. The molecular weight excluding hydrogens is 322 g/mol. The molecule has 8 nitrogen and oxygen atoms in total. The molecule has 0 saturated carbocycles. The Kier molecular flexibility index (Phi) is 3.98. The number of nitrogens with one attached hydrogen (secondary N) is 3. The zero-order valence-corrected chi connectivity index (χ0v) is 13.9. The molecule has 4 rings (SSSR count). The maximum Gasteiger partial charge on any atom is 0.333 e. The van der Waals surface area contributed by atoms with E-state index in [2.05, 4.69) is 20.9 Å². The number of hydrazine groups is 1. The van der Waals surface area contributed by atoms with Crippen molar-refractivity contribution in [3.8, 4) is 11.3 Å². The highest BCUT2D eigenvalue weighted by atomic mass is 16.5. The molecule has 2 heterocycles. The Hall–Kier alpha value is -2.71. The Morgan fingerprint density at radius 2 is 2.12 bits per heavy atom. The van der Waals surface area contributed by atoms with Crippen molar-refractivity contribution in [1.82, 2.24) is 20.6 Å². The number of aryl methyl sites for hydroxylation is 1. The molecule has 0 bridgehead atoms. The van der Waals surface area contributed by atoms with Gasteiger partial charge >= 0.3 is 6.03 Å². The first-order valence-corrected chi connectivity index (χ1v) is 8.34. The molecule has 2 aromatic rings. The molecule has 25 heavy (non-hydrogen) atoms. The number of benzene rings is 1. The minimum atomic E-state index is -0.370. The van der Waals surface area contributed by atoms with Gasteiger partial charge in [0.25, 0.3) is 0 Å². The monoisotopic (exact) mass is 341 g/mol. The lowest BCUT2D eigenvalue weighted by atomic mass is 10.1. The van der Waals surface area contributed by atoms with Crippen LogP contribution in [-0.4, -0.2) is 53.3 Å². The second-order valence-electron chi connectivity index (χ2n) is 6.00. The lowest BCUT2D eigenvalue weighted by Crippen LogP contribution is -2.49. The highest BCUT2D eigenvalue weighted by Gasteiger charge is 2.34. The number of carbonyl (C=O) groups is 2. The summed E-state index contributed by atoms with van der Waals surface area (Å²) in [4.78, 5) is 25.1. The van der Waals surface area contributed by atoms with Crippen molar-refractivity contribution >= 4 is 17.5 Å². The largest absolute Gasteiger partial charge is 0.379 e. The molecular formula is C17H19N5O3. The minimum Gasteiger partial charge on any atom is -0.379 e. The zero-order chi connectivity index (χ0) is 17.4. The summed E-state index contributed by atoms with van der Waals surface area (Å²) in [6, 6.07) is 5.03. The molecule has 1 aliphatic heterocycles. The molecule has 8 heteroatoms. The summed E-state index contributed by atoms with van der Waals surface area (Å²) in [5.74, 6) is -0.0992. The number of carbonyl (C=O) groups excluding carboxylic acids is 2. The Morgan fingerprint density at radius 3 is 2.88 bits per heavy atom. The number of ether oxygens (including phenoxy) is 1. The normalized spacial score (nSPS) is 16.4. The lowest BCUT2D eigenvalue weighted by molar-refractivity contribution is 0.0207. The van der Waals surface area contributed by atoms with Crippen molar-refractivity contribution in [3.05, 3.63) is 35.0 Å². The number of aromatic nitrogens is 2. The van der Waals surface area contributed by atoms with Gasteiger partial charge < -0.3 is 10.1 Å². The fourth-order valence-electron chi connectivity index (χ4n) is 3.27. The van der Waals surface area contributed by atoms with E-state index in [1.807, 2.05) is 19.1 Å². The quantitative estimate of drug-likeness (QED) is 0.671. The van der Waals surface area contributed by atoms with Gasteiger partial charge in [0.15, 0.2) is 5.78 Å². The van der Waals surface area contributed by atoms with Crippen LogP contribution in [0.2, 0.25) is 0 Å². The van der Waals surface area contributed by atoms with E-state index in [4.69, 9.17) is 4.74 Å². The van der Waals surface area contributed by atoms with E-state index in [0.717, 1.165) is 11.3 Å². The van der Waals surface area contributed by atoms with Gasteiger partial charge in [-0.05, 0) is 12.5 Å². The molecule has 2 amide bonds. The summed E-state index contributed by atoms with van der Waals surface area (Å²) in [6.45, 7) is 4.41. The van der Waals surface area contributed by atoms with Crippen LogP contribution in [0.1, 0.15) is 28.5 Å². The minimum absolute atomic E-state index is 0.0992. The van der Waals surface area contributed by atoms with E-state index in [1.54, 1.807) is 11.1 Å². The summed E-state index contributed by atoms with van der Waals surface area (Å²) in [7, 11) is 0. The van der Waals surface area contributed by atoms with Gasteiger partial charge in [-0.15, -0.1) is 0 Å². The van der Waals surface area contributed by atoms with Crippen molar-refractivity contribution in [2.45, 2.75) is 13.3 Å². The predicted molar refractivity (Wildman–Crippen MR) is 91.4 cm³/mol. The Labute approximate surface area is 144 Å². The second-order valence-corrected chi connectivity index (χ2v) is 6.00. The van der Waals surface area contributed by atoms with Crippen LogP contribution in [0.25, 0.3) is 11.3 Å². The molecule has 0 unspecified atom stereocenters. The van der Waals surface area contributed by atoms with Crippen molar-refractivity contribution in [2.75, 3.05) is 31.6 Å². The van der Waals surface area contributed by atoms with E-state index in [9.17, 15) is 9.59 Å². The van der Waals surface area contributed by atoms with Gasteiger partial charge in [0, 0.05) is 24.3 Å². The highest BCUT2D eigenvalue weighted by Crippen LogP contribution is 2.40. The van der Waals surface area contributed by atoms with E-state index < -0.39 is 0 Å². The molecule has 1 saturated heterocycles. The van der Waals surface area contributed by atoms with Crippen LogP contribution in [0.15, 0.2) is 18.2 Å². The van der Waals surface area contributed by atoms with Gasteiger partial charge in [-0.2, -0.15) is 5.10 Å². The Morgan fingerprint density at radius 1 is 1.32 bits per heavy atom. The van der Waals surface area contributed by atoms with Gasteiger partial charge in [0.05, 0.1) is 30.0 Å². The first-order chi connectivity index (χ1) is 12.2. The van der Waals surface area contributed by atoms with Crippen molar-refractivity contribution in [1.29, 1.82) is 0 Å². The number of aromatic amines is 1. The van der Waals surface area contributed by atoms with E-state index >= 15 is 0 Å². The summed E-state index contributed by atoms with van der Waals surface area (Å²) in [6.07, 6.45) is 0.697. The van der Waals surface area contributed by atoms with Gasteiger partial charge in [-0.1, -0.05) is 19.1 Å². The van der Waals surface area contributed by atoms with Gasteiger partial charge in [0.2, 0.25) is 0 Å². The molecule has 1 aromatic carbocycles. The number of hydrogen-bond acceptors (Lipinski definition) is 5. The highest BCUT2D eigenvalue weighted by molar-refractivity contribution is 6.25. The van der Waals surface area contributed by atoms with Gasteiger partial charge in [0.1, 0.15) is 5.69 Å². The topological polar surface area (TPSA) is 99.3 Å². The number of fused-ring (bicyclic) bond motifs is 3. The van der Waals surface area contributed by atoms with Crippen LogP contribution in [-0.2, 0) is 11.2 Å². The molecule has 1 aliphatic carbocycles. The number of nitrogens with zero attached hydrogens (tertiary/aromatic N) is 2. The Balaban J connectivity index is 1.58. The molecule has 1 fully saturated rings. The molecule has 3 N–H and O–H groups in total. The van der Waals surface area contributed by atoms with Crippen molar-refractivity contribution < 1.29 is 14.3 Å². The summed E-state index contributed by atoms with van der Waals surface area (Å²) in [5, 5.41) is 11.8. The summed E-state index contributed by atoms with van der Waals surface area (Å²) >= 11 is 0. The van der Waals surface area contributed by atoms with Crippen LogP contribution >= 0.6 is 0 Å². The SMILES string of the molecule is CCc1[nH]nc2c1C(=O)c1c(NC(=O)NN3CCOCC3)cccc1-2. The number of ketones is 1. The standard InChI is InChI=1S/C17H19N5O3/c1-2-11-14-15(20-19-11)10-4-3-5-12(13(10)16(14)23)18-17(24)21-22-6-8-25-9-7-22/h3-5H,2,6-9H2,1H3,(H,19,20)(H2,18,21,24). The van der Waals surface area contributed by atoms with Crippen LogP contribution in [0.5, 0.6) is 0 Å². The van der Waals surface area contributed by atoms with E-state index in [0.29, 0.717) is 55.2 Å². The molecule has 2 aliphatic rings. The molecule has 0 spiro atoms. The van der Waals surface area contributed by atoms with Gasteiger partial charge in [-0.3, -0.25) is 15.3 Å². The molecule has 1 aromatic heterocycles. The van der Waals surface area contributed by atoms with E-state index in [-0.39, 0.29) is 11.8 Å². The first kappa shape index (κ1) is 15.8. The maximum atomic E-state index is 12.9. The van der Waals surface area contributed by atoms with Crippen LogP contribution in [0.3, 0.4) is 0 Å². The van der Waals surface area contributed by atoms with E-state index in [1.165, 1.54) is 0 Å². The average Bonchev–Trinajstić information content (AvgIpc) is 3.16. The molecule has 0 atom stereocenters. The number of anilines is 1.